The maximum Gasteiger partial charge on any atom is 0.274 e. The summed E-state index contributed by atoms with van der Waals surface area (Å²) in [5.74, 6) is 2.15. The van der Waals surface area contributed by atoms with E-state index >= 15 is 0 Å². The topological polar surface area (TPSA) is 49.6 Å². The predicted octanol–water partition coefficient (Wildman–Crippen LogP) is 3.89. The van der Waals surface area contributed by atoms with Gasteiger partial charge in [-0.1, -0.05) is 17.9 Å². The molecular weight excluding hydrogens is 355 g/mol. The fourth-order valence-electron chi connectivity index (χ4n) is 2.47. The standard InChI is InChI=1S/C14H9BBrClFN3/c16-13-9-3-4-15(7-19)6-12(9)20-14(21-13)10-5-8(17)1-2-11(10)18/h1-2,5H,3-4,6H2. The summed E-state index contributed by atoms with van der Waals surface area (Å²) in [5.41, 5.74) is 2.09. The van der Waals surface area contributed by atoms with Crippen LogP contribution in [0, 0.1) is 17.0 Å². The predicted molar refractivity (Wildman–Crippen MR) is 83.7 cm³/mol. The minimum atomic E-state index is -0.418. The second kappa shape index (κ2) is 5.74. The first kappa shape index (κ1) is 14.5. The van der Waals surface area contributed by atoms with E-state index in [0.29, 0.717) is 21.8 Å². The van der Waals surface area contributed by atoms with Crippen LogP contribution in [0.5, 0.6) is 0 Å². The lowest BCUT2D eigenvalue weighted by molar-refractivity contribution is 0.629. The van der Waals surface area contributed by atoms with Gasteiger partial charge in [0.15, 0.2) is 5.82 Å². The van der Waals surface area contributed by atoms with Gasteiger partial charge in [-0.2, -0.15) is 0 Å². The van der Waals surface area contributed by atoms with Gasteiger partial charge in [-0.05, 0) is 46.9 Å². The first-order chi connectivity index (χ1) is 10.1. The Morgan fingerprint density at radius 1 is 1.38 bits per heavy atom. The van der Waals surface area contributed by atoms with E-state index in [0.717, 1.165) is 24.0 Å². The van der Waals surface area contributed by atoms with Crippen LogP contribution in [0.2, 0.25) is 11.3 Å². The summed E-state index contributed by atoms with van der Waals surface area (Å²) >= 11 is 9.34. The van der Waals surface area contributed by atoms with Gasteiger partial charge in [-0.3, -0.25) is 0 Å². The molecule has 3 rings (SSSR count). The molecule has 7 heteroatoms. The summed E-state index contributed by atoms with van der Waals surface area (Å²) < 4.78 is 14.6. The third kappa shape index (κ3) is 2.81. The lowest BCUT2D eigenvalue weighted by Gasteiger charge is -2.18. The van der Waals surface area contributed by atoms with E-state index in [2.05, 4.69) is 31.9 Å². The molecule has 2 heterocycles. The van der Waals surface area contributed by atoms with Gasteiger partial charge in [0.05, 0.1) is 5.56 Å². The van der Waals surface area contributed by atoms with E-state index in [-0.39, 0.29) is 12.3 Å². The number of nitrogens with zero attached hydrogens (tertiary/aromatic N) is 3. The number of aromatic nitrogens is 2. The fourth-order valence-corrected chi connectivity index (χ4v) is 3.24. The first-order valence-corrected chi connectivity index (χ1v) is 7.66. The number of hydrogen-bond acceptors (Lipinski definition) is 3. The van der Waals surface area contributed by atoms with Crippen LogP contribution in [0.3, 0.4) is 0 Å². The molecule has 0 saturated carbocycles. The van der Waals surface area contributed by atoms with E-state index in [1.54, 1.807) is 0 Å². The highest BCUT2D eigenvalue weighted by Gasteiger charge is 2.26. The summed E-state index contributed by atoms with van der Waals surface area (Å²) in [6, 6.07) is 4.29. The smallest absolute Gasteiger partial charge is 0.233 e. The van der Waals surface area contributed by atoms with Crippen molar-refractivity contribution in [2.24, 2.45) is 0 Å². The third-order valence-electron chi connectivity index (χ3n) is 3.58. The summed E-state index contributed by atoms with van der Waals surface area (Å²) in [6.07, 6.45) is 2.13. The van der Waals surface area contributed by atoms with Gasteiger partial charge in [0.1, 0.15) is 10.4 Å². The van der Waals surface area contributed by atoms with Crippen molar-refractivity contribution in [1.82, 2.24) is 9.97 Å². The zero-order chi connectivity index (χ0) is 15.0. The van der Waals surface area contributed by atoms with Crippen LogP contribution in [0.15, 0.2) is 22.8 Å². The zero-order valence-corrected chi connectivity index (χ0v) is 13.2. The quantitative estimate of drug-likeness (QED) is 0.570. The Balaban J connectivity index is 2.11. The fraction of sp³-hybridized carbons (Fsp3) is 0.214. The van der Waals surface area contributed by atoms with Gasteiger partial charge in [0, 0.05) is 22.2 Å². The molecule has 1 aliphatic rings. The van der Waals surface area contributed by atoms with Crippen LogP contribution in [-0.4, -0.2) is 16.7 Å². The molecule has 0 aliphatic carbocycles. The van der Waals surface area contributed by atoms with E-state index in [9.17, 15) is 4.39 Å². The molecule has 0 unspecified atom stereocenters. The second-order valence-electron chi connectivity index (χ2n) is 4.96. The van der Waals surface area contributed by atoms with Crippen molar-refractivity contribution in [1.29, 1.82) is 5.26 Å². The Kier molecular flexibility index (Phi) is 3.96. The number of nitriles is 1. The first-order valence-electron chi connectivity index (χ1n) is 6.49. The molecule has 0 bridgehead atoms. The van der Waals surface area contributed by atoms with Crippen molar-refractivity contribution < 1.29 is 4.39 Å². The largest absolute Gasteiger partial charge is 0.274 e. The molecular formula is C14H9BBrClFN3. The van der Waals surface area contributed by atoms with Crippen LogP contribution in [0.25, 0.3) is 11.4 Å². The van der Waals surface area contributed by atoms with Crippen LogP contribution >= 0.6 is 27.5 Å². The van der Waals surface area contributed by atoms with Crippen LogP contribution in [0.1, 0.15) is 11.3 Å². The van der Waals surface area contributed by atoms with Gasteiger partial charge in [-0.25, -0.2) is 19.6 Å². The second-order valence-corrected chi connectivity index (χ2v) is 6.14. The summed E-state index contributed by atoms with van der Waals surface area (Å²) in [5, 5.41) is 9.50. The molecule has 1 aliphatic heterocycles. The minimum Gasteiger partial charge on any atom is -0.233 e. The van der Waals surface area contributed by atoms with E-state index in [1.807, 2.05) is 0 Å². The van der Waals surface area contributed by atoms with Crippen molar-refractivity contribution in [3.8, 4) is 17.4 Å². The van der Waals surface area contributed by atoms with Crippen molar-refractivity contribution >= 4 is 34.2 Å². The van der Waals surface area contributed by atoms with E-state index in [4.69, 9.17) is 16.9 Å². The molecule has 1 aromatic carbocycles. The molecule has 104 valence electrons. The molecule has 0 radical (unpaired) electrons. The van der Waals surface area contributed by atoms with E-state index < -0.39 is 5.82 Å². The third-order valence-corrected chi connectivity index (χ3v) is 4.47. The molecule has 0 N–H and O–H groups in total. The molecule has 0 amide bonds. The van der Waals surface area contributed by atoms with Crippen molar-refractivity contribution in [3.05, 3.63) is 44.9 Å². The van der Waals surface area contributed by atoms with Crippen LogP contribution in [0.4, 0.5) is 4.39 Å². The number of benzene rings is 1. The lowest BCUT2D eigenvalue weighted by atomic mass is 9.43. The van der Waals surface area contributed by atoms with Crippen molar-refractivity contribution in [3.63, 3.8) is 0 Å². The molecule has 1 aromatic heterocycles. The van der Waals surface area contributed by atoms with Crippen LogP contribution < -0.4 is 0 Å². The highest BCUT2D eigenvalue weighted by molar-refractivity contribution is 9.10. The Bertz CT molecular complexity index is 763. The highest BCUT2D eigenvalue weighted by atomic mass is 79.9. The number of hydrogen-bond donors (Lipinski definition) is 0. The molecule has 2 aromatic rings. The minimum absolute atomic E-state index is 0.0450. The monoisotopic (exact) mass is 363 g/mol. The lowest BCUT2D eigenvalue weighted by Crippen LogP contribution is -2.24. The van der Waals surface area contributed by atoms with Crippen molar-refractivity contribution in [2.75, 3.05) is 0 Å². The Morgan fingerprint density at radius 2 is 2.19 bits per heavy atom. The number of halogens is 3. The van der Waals surface area contributed by atoms with Crippen molar-refractivity contribution in [2.45, 2.75) is 19.1 Å². The van der Waals surface area contributed by atoms with Gasteiger partial charge >= 0.3 is 0 Å². The molecule has 21 heavy (non-hydrogen) atoms. The summed E-state index contributed by atoms with van der Waals surface area (Å²) in [7, 11) is 0. The van der Waals surface area contributed by atoms with E-state index in [1.165, 1.54) is 18.2 Å². The van der Waals surface area contributed by atoms with Gasteiger partial charge < -0.3 is 0 Å². The van der Waals surface area contributed by atoms with Gasteiger partial charge in [-0.15, -0.1) is 0 Å². The molecule has 0 spiro atoms. The average molecular weight is 364 g/mol. The van der Waals surface area contributed by atoms with Gasteiger partial charge in [0.2, 0.25) is 0 Å². The maximum atomic E-state index is 14.0. The molecule has 3 nitrogen and oxygen atoms in total. The number of rotatable bonds is 1. The van der Waals surface area contributed by atoms with Crippen LogP contribution in [-0.2, 0) is 12.7 Å². The highest BCUT2D eigenvalue weighted by Crippen LogP contribution is 2.30. The molecule has 0 saturated heterocycles. The Labute approximate surface area is 135 Å². The summed E-state index contributed by atoms with van der Waals surface area (Å²) in [4.78, 5) is 8.79. The molecule has 0 atom stereocenters. The zero-order valence-electron chi connectivity index (χ0n) is 10.9. The maximum absolute atomic E-state index is 14.0. The Hall–Kier alpha value is -1.45. The summed E-state index contributed by atoms with van der Waals surface area (Å²) in [6.45, 7) is -0.0450. The normalized spacial score (nSPS) is 13.7. The SMILES string of the molecule is N#CB1CCc2c(Br)nc(-c3cc(Cl)ccc3F)nc2C1. The Morgan fingerprint density at radius 3 is 2.95 bits per heavy atom. The number of fused-ring (bicyclic) bond motifs is 1. The van der Waals surface area contributed by atoms with Gasteiger partial charge in [0.25, 0.3) is 6.71 Å². The average Bonchev–Trinajstić information content (AvgIpc) is 2.49. The molecule has 0 fully saturated rings.